The van der Waals surface area contributed by atoms with E-state index in [1.54, 1.807) is 59.1 Å². The maximum absolute atomic E-state index is 14.9. The van der Waals surface area contributed by atoms with Gasteiger partial charge in [0.05, 0.1) is 69.5 Å². The molecule has 2 aromatic heterocycles. The summed E-state index contributed by atoms with van der Waals surface area (Å²) in [5, 5.41) is 38.1. The van der Waals surface area contributed by atoms with Gasteiger partial charge in [0.2, 0.25) is 0 Å². The molecule has 0 aromatic carbocycles. The van der Waals surface area contributed by atoms with E-state index in [4.69, 9.17) is 14.2 Å². The second-order valence-electron chi connectivity index (χ2n) is 21.5. The highest BCUT2D eigenvalue weighted by molar-refractivity contribution is 7.09. The van der Waals surface area contributed by atoms with Crippen LogP contribution in [-0.2, 0) is 33.4 Å². The first kappa shape index (κ1) is 61.6. The number of hydrogen-bond donors (Lipinski definition) is 3. The number of Topliss-reactive ketones (excluding diaryl/α,β-unsaturated/α-hetero) is 2. The molecule has 398 valence electrons. The monoisotopic (exact) mass is 1030 g/mol. The predicted octanol–water partition coefficient (Wildman–Crippen LogP) is 11.4. The molecule has 0 saturated heterocycles. The number of aryl methyl sites for hydroxylation is 2. The zero-order valence-corrected chi connectivity index (χ0v) is 47.0. The Labute approximate surface area is 431 Å². The summed E-state index contributed by atoms with van der Waals surface area (Å²) >= 11 is 3.08. The fourth-order valence-electron chi connectivity index (χ4n) is 9.25. The molecule has 12 atom stereocenters. The number of thiazole rings is 2. The number of allylic oxidation sites excluding steroid dienone is 1. The van der Waals surface area contributed by atoms with E-state index in [0.29, 0.717) is 24.8 Å². The van der Waals surface area contributed by atoms with Crippen molar-refractivity contribution in [1.29, 1.82) is 0 Å². The fourth-order valence-corrected chi connectivity index (χ4v) is 10.4. The molecule has 4 rings (SSSR count). The lowest BCUT2D eigenvalue weighted by atomic mass is 9.70. The molecular formula is C56H85FN2O10S2. The third-order valence-corrected chi connectivity index (χ3v) is 16.8. The normalized spacial score (nSPS) is 33.4. The smallest absolute Gasteiger partial charge is 0.309 e. The van der Waals surface area contributed by atoms with Gasteiger partial charge in [-0.3, -0.25) is 19.2 Å². The Balaban J connectivity index is 0.000000375. The topological polar surface area (TPSA) is 182 Å². The molecule has 4 heterocycles. The summed E-state index contributed by atoms with van der Waals surface area (Å²) in [7, 11) is 1.54. The number of hydrogen-bond acceptors (Lipinski definition) is 14. The van der Waals surface area contributed by atoms with Gasteiger partial charge in [-0.15, -0.1) is 22.7 Å². The number of aliphatic hydroxyl groups is 3. The van der Waals surface area contributed by atoms with Crippen molar-refractivity contribution in [3.05, 3.63) is 66.6 Å². The Morgan fingerprint density at radius 1 is 0.690 bits per heavy atom. The molecule has 71 heavy (non-hydrogen) atoms. The number of nitrogens with zero attached hydrogens (tertiary/aromatic N) is 2. The molecule has 15 heteroatoms. The van der Waals surface area contributed by atoms with Gasteiger partial charge in [-0.1, -0.05) is 74.5 Å². The molecule has 0 spiro atoms. The minimum atomic E-state index is -1.28. The SMILES string of the molecule is C/C1=C/C[C@@H](/C(C)=C/c2csc(C)n2)OC(=O)C[C@H](O)C(C)(C)C(=O)[C@H](C)[C@@H](O)[C@@H](C)CCC1F.CO[C@H]1CC(=O)O[C@H](/C(C)=C/c2csc(C)n2)C/C=C(/C)C(O)CC[C@H](C)[C@H](C)[C@@H](C)C(=O)C1(C)C. The molecule has 0 aliphatic carbocycles. The van der Waals surface area contributed by atoms with Crippen LogP contribution in [-0.4, -0.2) is 98.7 Å². The largest absolute Gasteiger partial charge is 0.457 e. The third-order valence-electron chi connectivity index (χ3n) is 15.2. The van der Waals surface area contributed by atoms with Gasteiger partial charge in [0.15, 0.2) is 0 Å². The van der Waals surface area contributed by atoms with Crippen molar-refractivity contribution >= 4 is 58.3 Å². The second-order valence-corrected chi connectivity index (χ2v) is 23.6. The molecule has 2 aromatic rings. The summed E-state index contributed by atoms with van der Waals surface area (Å²) in [6.45, 7) is 27.7. The van der Waals surface area contributed by atoms with Crippen molar-refractivity contribution in [3.63, 3.8) is 0 Å². The van der Waals surface area contributed by atoms with Crippen LogP contribution in [0.25, 0.3) is 12.2 Å². The van der Waals surface area contributed by atoms with Gasteiger partial charge in [-0.2, -0.15) is 0 Å². The highest BCUT2D eigenvalue weighted by Crippen LogP contribution is 2.37. The van der Waals surface area contributed by atoms with E-state index in [9.17, 15) is 38.9 Å². The van der Waals surface area contributed by atoms with Crippen LogP contribution < -0.4 is 0 Å². The van der Waals surface area contributed by atoms with E-state index in [-0.39, 0.29) is 60.9 Å². The quantitative estimate of drug-likeness (QED) is 0.191. The zero-order chi connectivity index (χ0) is 53.7. The molecule has 2 aliphatic rings. The van der Waals surface area contributed by atoms with Crippen LogP contribution in [0.2, 0.25) is 0 Å². The second kappa shape index (κ2) is 27.5. The number of esters is 2. The molecule has 3 N–H and O–H groups in total. The van der Waals surface area contributed by atoms with E-state index < -0.39 is 71.5 Å². The van der Waals surface area contributed by atoms with Crippen molar-refractivity contribution in [1.82, 2.24) is 9.97 Å². The lowest BCUT2D eigenvalue weighted by molar-refractivity contribution is -0.156. The summed E-state index contributed by atoms with van der Waals surface area (Å²) in [4.78, 5) is 61.6. The summed E-state index contributed by atoms with van der Waals surface area (Å²) in [6, 6.07) is 0. The molecule has 0 fully saturated rings. The minimum Gasteiger partial charge on any atom is -0.457 e. The van der Waals surface area contributed by atoms with Gasteiger partial charge in [-0.05, 0) is 119 Å². The Morgan fingerprint density at radius 3 is 1.63 bits per heavy atom. The van der Waals surface area contributed by atoms with Crippen LogP contribution in [0.3, 0.4) is 0 Å². The van der Waals surface area contributed by atoms with Crippen molar-refractivity contribution in [2.45, 2.75) is 198 Å². The number of carbonyl (C=O) groups is 4. The van der Waals surface area contributed by atoms with Gasteiger partial charge in [0.25, 0.3) is 0 Å². The highest BCUT2D eigenvalue weighted by Gasteiger charge is 2.44. The van der Waals surface area contributed by atoms with E-state index in [1.807, 2.05) is 84.4 Å². The number of halogens is 1. The van der Waals surface area contributed by atoms with Crippen LogP contribution in [0, 0.1) is 54.3 Å². The van der Waals surface area contributed by atoms with E-state index in [0.717, 1.165) is 44.5 Å². The maximum Gasteiger partial charge on any atom is 0.309 e. The Kier molecular flexibility index (Phi) is 23.9. The number of alkyl halides is 1. The minimum absolute atomic E-state index is 0.0171. The number of rotatable bonds is 5. The van der Waals surface area contributed by atoms with Crippen LogP contribution in [0.5, 0.6) is 0 Å². The zero-order valence-electron chi connectivity index (χ0n) is 45.3. The number of ketones is 2. The Bertz CT molecular complexity index is 2220. The lowest BCUT2D eigenvalue weighted by Crippen LogP contribution is -2.45. The molecule has 0 amide bonds. The summed E-state index contributed by atoms with van der Waals surface area (Å²) in [6.07, 6.45) is 4.08. The van der Waals surface area contributed by atoms with Crippen molar-refractivity contribution in [2.24, 2.45) is 40.4 Å². The molecule has 2 aliphatic heterocycles. The van der Waals surface area contributed by atoms with E-state index in [1.165, 1.54) is 11.3 Å². The third kappa shape index (κ3) is 17.7. The van der Waals surface area contributed by atoms with Crippen LogP contribution in [0.4, 0.5) is 4.39 Å². The first-order chi connectivity index (χ1) is 33.0. The van der Waals surface area contributed by atoms with Gasteiger partial charge in [0, 0.05) is 42.5 Å². The molecule has 12 nitrogen and oxygen atoms in total. The van der Waals surface area contributed by atoms with Gasteiger partial charge < -0.3 is 29.5 Å². The molecule has 0 saturated carbocycles. The number of aliphatic hydroxyl groups excluding tert-OH is 3. The van der Waals surface area contributed by atoms with Crippen molar-refractivity contribution < 1.29 is 53.1 Å². The molecule has 0 bridgehead atoms. The summed E-state index contributed by atoms with van der Waals surface area (Å²) in [5.41, 5.74) is 2.47. The number of methoxy groups -OCH3 is 1. The first-order valence-electron chi connectivity index (χ1n) is 25.2. The van der Waals surface area contributed by atoms with Crippen molar-refractivity contribution in [2.75, 3.05) is 7.11 Å². The number of aromatic nitrogens is 2. The number of carbonyl (C=O) groups excluding carboxylic acids is 4. The van der Waals surface area contributed by atoms with E-state index in [2.05, 4.69) is 23.8 Å². The Hall–Kier alpha value is -3.73. The number of ether oxygens (including phenoxy) is 3. The van der Waals surface area contributed by atoms with Gasteiger partial charge in [0.1, 0.15) is 29.9 Å². The van der Waals surface area contributed by atoms with Crippen molar-refractivity contribution in [3.8, 4) is 0 Å². The van der Waals surface area contributed by atoms with E-state index >= 15 is 0 Å². The van der Waals surface area contributed by atoms with Crippen LogP contribution >= 0.6 is 22.7 Å². The maximum atomic E-state index is 14.9. The summed E-state index contributed by atoms with van der Waals surface area (Å²) in [5.74, 6) is -2.20. The average molecular weight is 1030 g/mol. The molecule has 0 radical (unpaired) electrons. The fraction of sp³-hybridized carbons (Fsp3) is 0.679. The molecule has 2 unspecified atom stereocenters. The Morgan fingerprint density at radius 2 is 1.15 bits per heavy atom. The average Bonchev–Trinajstić information content (AvgIpc) is 3.94. The standard InChI is InChI=1S/C29H45NO5S.C27H40FNO5S/c1-17-10-12-24(31)18(2)11-13-25(19(3)14-23-16-36-22(6)30-23)35-27(32)15-26(34-9)29(7,8)28(33)21(5)20(17)4;1-15-9-11-22(17(3)12-20-14-35-19(5)29-20)34-24(31)13-23(30)27(6,7)26(33)18(4)25(32)16(2)8-10-21(15)28/h11,14,16-17,20-21,24-26,31H,10,12-13,15H2,1-9H3;9,12,14,16,18,21-23,25,30,32H,8,10-11,13H2,1-7H3/b18-11-,19-14+;15-9-,17-12+/t17-,20-,21+,24?,25-,26-;16-,18+,21?,22-,23-,25-/m00/s1. The highest BCUT2D eigenvalue weighted by atomic mass is 32.1. The summed E-state index contributed by atoms with van der Waals surface area (Å²) < 4.78 is 32.3. The van der Waals surface area contributed by atoms with Gasteiger partial charge in [-0.25, -0.2) is 14.4 Å². The van der Waals surface area contributed by atoms with Crippen LogP contribution in [0.1, 0.15) is 163 Å². The number of cyclic esters (lactones) is 2. The molecular weight excluding hydrogens is 944 g/mol. The predicted molar refractivity (Wildman–Crippen MR) is 282 cm³/mol. The van der Waals surface area contributed by atoms with Gasteiger partial charge >= 0.3 is 11.9 Å². The lowest BCUT2D eigenvalue weighted by Gasteiger charge is -2.36. The first-order valence-corrected chi connectivity index (χ1v) is 27.0. The van der Waals surface area contributed by atoms with Crippen LogP contribution in [0.15, 0.2) is 45.2 Å².